The van der Waals surface area contributed by atoms with E-state index in [1.807, 2.05) is 6.92 Å². The first-order valence-electron chi connectivity index (χ1n) is 6.43. The number of nitrogens with two attached hydrogens (primary N) is 1. The van der Waals surface area contributed by atoms with Crippen LogP contribution >= 0.6 is 0 Å². The number of halogens is 1. The summed E-state index contributed by atoms with van der Waals surface area (Å²) in [5, 5.41) is 0. The molecule has 1 unspecified atom stereocenters. The number of ketones is 1. The summed E-state index contributed by atoms with van der Waals surface area (Å²) in [6.07, 6.45) is 1.23. The molecule has 0 spiro atoms. The summed E-state index contributed by atoms with van der Waals surface area (Å²) in [6, 6.07) is 4.63. The lowest BCUT2D eigenvalue weighted by Crippen LogP contribution is -2.20. The zero-order valence-corrected chi connectivity index (χ0v) is 11.4. The number of hydrogen-bond acceptors (Lipinski definition) is 2. The maximum atomic E-state index is 13.6. The van der Waals surface area contributed by atoms with Crippen molar-refractivity contribution in [2.45, 2.75) is 33.6 Å². The topological polar surface area (TPSA) is 43.1 Å². The monoisotopic (exact) mass is 251 g/mol. The molecule has 0 aromatic heterocycles. The van der Waals surface area contributed by atoms with Crippen molar-refractivity contribution in [3.8, 4) is 0 Å². The molecule has 1 atom stereocenters. The van der Waals surface area contributed by atoms with E-state index in [1.165, 1.54) is 6.07 Å². The highest BCUT2D eigenvalue weighted by Gasteiger charge is 2.18. The molecule has 0 amide bonds. The third-order valence-electron chi connectivity index (χ3n) is 3.03. The van der Waals surface area contributed by atoms with Gasteiger partial charge in [0.1, 0.15) is 5.82 Å². The van der Waals surface area contributed by atoms with Crippen LogP contribution in [0.5, 0.6) is 0 Å². The zero-order chi connectivity index (χ0) is 13.7. The molecule has 0 radical (unpaired) electrons. The molecular weight excluding hydrogens is 229 g/mol. The first-order chi connectivity index (χ1) is 8.43. The minimum Gasteiger partial charge on any atom is -0.330 e. The van der Waals surface area contributed by atoms with Gasteiger partial charge in [-0.1, -0.05) is 25.5 Å². The van der Waals surface area contributed by atoms with Gasteiger partial charge in [0, 0.05) is 6.42 Å². The quantitative estimate of drug-likeness (QED) is 0.788. The van der Waals surface area contributed by atoms with Gasteiger partial charge in [-0.15, -0.1) is 0 Å². The molecule has 0 saturated carbocycles. The van der Waals surface area contributed by atoms with E-state index in [0.29, 0.717) is 18.9 Å². The molecule has 1 rings (SSSR count). The van der Waals surface area contributed by atoms with Crippen molar-refractivity contribution < 1.29 is 9.18 Å². The Hall–Kier alpha value is -1.22. The Bertz CT molecular complexity index is 415. The molecule has 0 heterocycles. The number of hydrogen-bond donors (Lipinski definition) is 1. The van der Waals surface area contributed by atoms with Crippen LogP contribution in [0.25, 0.3) is 0 Å². The molecular formula is C15H22FNO. The van der Waals surface area contributed by atoms with Crippen LogP contribution in [0, 0.1) is 24.6 Å². The highest BCUT2D eigenvalue weighted by atomic mass is 19.1. The molecule has 2 nitrogen and oxygen atoms in total. The number of aryl methyl sites for hydroxylation is 1. The van der Waals surface area contributed by atoms with Crippen molar-refractivity contribution in [3.05, 3.63) is 35.1 Å². The van der Waals surface area contributed by atoms with Crippen LogP contribution in [0.3, 0.4) is 0 Å². The zero-order valence-electron chi connectivity index (χ0n) is 11.4. The average Bonchev–Trinajstić information content (AvgIpc) is 2.30. The number of carbonyl (C=O) groups excluding carboxylic acids is 1. The fourth-order valence-electron chi connectivity index (χ4n) is 2.15. The molecule has 0 aliphatic heterocycles. The lowest BCUT2D eigenvalue weighted by atomic mass is 9.90. The molecule has 0 saturated heterocycles. The summed E-state index contributed by atoms with van der Waals surface area (Å²) < 4.78 is 13.6. The Kier molecular flexibility index (Phi) is 5.48. The smallest absolute Gasteiger partial charge is 0.166 e. The molecule has 100 valence electrons. The van der Waals surface area contributed by atoms with E-state index in [4.69, 9.17) is 5.73 Å². The van der Waals surface area contributed by atoms with E-state index in [9.17, 15) is 9.18 Å². The molecule has 0 aliphatic rings. The molecule has 0 fully saturated rings. The van der Waals surface area contributed by atoms with E-state index in [1.54, 1.807) is 12.1 Å². The summed E-state index contributed by atoms with van der Waals surface area (Å²) in [4.78, 5) is 12.1. The minimum atomic E-state index is -0.439. The van der Waals surface area contributed by atoms with Crippen LogP contribution in [-0.4, -0.2) is 12.3 Å². The van der Waals surface area contributed by atoms with Crippen molar-refractivity contribution in [1.82, 2.24) is 0 Å². The van der Waals surface area contributed by atoms with Crippen LogP contribution in [-0.2, 0) is 0 Å². The highest BCUT2D eigenvalue weighted by molar-refractivity contribution is 5.96. The van der Waals surface area contributed by atoms with Gasteiger partial charge >= 0.3 is 0 Å². The van der Waals surface area contributed by atoms with Gasteiger partial charge in [0.2, 0.25) is 0 Å². The maximum Gasteiger partial charge on any atom is 0.166 e. The predicted molar refractivity (Wildman–Crippen MR) is 72.1 cm³/mol. The van der Waals surface area contributed by atoms with Crippen molar-refractivity contribution >= 4 is 5.78 Å². The van der Waals surface area contributed by atoms with Crippen molar-refractivity contribution in [3.63, 3.8) is 0 Å². The van der Waals surface area contributed by atoms with Crippen LogP contribution in [0.1, 0.15) is 42.6 Å². The predicted octanol–water partition coefficient (Wildman–Crippen LogP) is 3.33. The van der Waals surface area contributed by atoms with Crippen LogP contribution in [0.2, 0.25) is 0 Å². The first-order valence-corrected chi connectivity index (χ1v) is 6.43. The standard InChI is InChI=1S/C15H22FNO/c1-10(2)6-12(9-17)8-15(18)13-7-11(3)4-5-14(13)16/h4-5,7,10,12H,6,8-9,17H2,1-3H3. The Morgan fingerprint density at radius 2 is 2.06 bits per heavy atom. The number of rotatable bonds is 6. The average molecular weight is 251 g/mol. The van der Waals surface area contributed by atoms with Crippen molar-refractivity contribution in [1.29, 1.82) is 0 Å². The van der Waals surface area contributed by atoms with E-state index in [2.05, 4.69) is 13.8 Å². The molecule has 1 aromatic rings. The summed E-state index contributed by atoms with van der Waals surface area (Å²) in [5.74, 6) is 0.0457. The molecule has 3 heteroatoms. The van der Waals surface area contributed by atoms with Gasteiger partial charge in [-0.05, 0) is 43.9 Å². The normalized spacial score (nSPS) is 12.8. The van der Waals surface area contributed by atoms with Gasteiger partial charge in [-0.2, -0.15) is 0 Å². The van der Waals surface area contributed by atoms with E-state index in [-0.39, 0.29) is 17.3 Å². The van der Waals surface area contributed by atoms with Crippen LogP contribution in [0.15, 0.2) is 18.2 Å². The molecule has 2 N–H and O–H groups in total. The van der Waals surface area contributed by atoms with Gasteiger partial charge in [0.15, 0.2) is 5.78 Å². The Labute approximate surface area is 108 Å². The SMILES string of the molecule is Cc1ccc(F)c(C(=O)CC(CN)CC(C)C)c1. The van der Waals surface area contributed by atoms with Gasteiger partial charge in [-0.3, -0.25) is 4.79 Å². The second kappa shape index (κ2) is 6.64. The first kappa shape index (κ1) is 14.8. The molecule has 18 heavy (non-hydrogen) atoms. The Balaban J connectivity index is 2.77. The minimum absolute atomic E-state index is 0.136. The van der Waals surface area contributed by atoms with Gasteiger partial charge in [0.25, 0.3) is 0 Å². The van der Waals surface area contributed by atoms with E-state index in [0.717, 1.165) is 12.0 Å². The number of carbonyl (C=O) groups is 1. The third kappa shape index (κ3) is 4.22. The summed E-state index contributed by atoms with van der Waals surface area (Å²) in [6.45, 7) is 6.52. The molecule has 0 bridgehead atoms. The highest BCUT2D eigenvalue weighted by Crippen LogP contribution is 2.19. The third-order valence-corrected chi connectivity index (χ3v) is 3.03. The second-order valence-corrected chi connectivity index (χ2v) is 5.34. The lowest BCUT2D eigenvalue weighted by Gasteiger charge is -2.16. The Morgan fingerprint density at radius 3 is 2.61 bits per heavy atom. The van der Waals surface area contributed by atoms with Gasteiger partial charge in [0.05, 0.1) is 5.56 Å². The Morgan fingerprint density at radius 1 is 1.39 bits per heavy atom. The fraction of sp³-hybridized carbons (Fsp3) is 0.533. The van der Waals surface area contributed by atoms with Crippen molar-refractivity contribution in [2.75, 3.05) is 6.54 Å². The number of benzene rings is 1. The van der Waals surface area contributed by atoms with Crippen molar-refractivity contribution in [2.24, 2.45) is 17.6 Å². The van der Waals surface area contributed by atoms with E-state index < -0.39 is 5.82 Å². The van der Waals surface area contributed by atoms with Gasteiger partial charge < -0.3 is 5.73 Å². The van der Waals surface area contributed by atoms with Crippen LogP contribution < -0.4 is 5.73 Å². The second-order valence-electron chi connectivity index (χ2n) is 5.34. The van der Waals surface area contributed by atoms with Crippen LogP contribution in [0.4, 0.5) is 4.39 Å². The largest absolute Gasteiger partial charge is 0.330 e. The summed E-state index contributed by atoms with van der Waals surface area (Å²) >= 11 is 0. The summed E-state index contributed by atoms with van der Waals surface area (Å²) in [5.41, 5.74) is 6.76. The molecule has 1 aromatic carbocycles. The molecule has 0 aliphatic carbocycles. The fourth-order valence-corrected chi connectivity index (χ4v) is 2.15. The van der Waals surface area contributed by atoms with Gasteiger partial charge in [-0.25, -0.2) is 4.39 Å². The van der Waals surface area contributed by atoms with E-state index >= 15 is 0 Å². The maximum absolute atomic E-state index is 13.6. The number of Topliss-reactive ketones (excluding diaryl/α,β-unsaturated/α-hetero) is 1. The summed E-state index contributed by atoms with van der Waals surface area (Å²) in [7, 11) is 0. The lowest BCUT2D eigenvalue weighted by molar-refractivity contribution is 0.0953.